The van der Waals surface area contributed by atoms with E-state index in [9.17, 15) is 4.39 Å². The van der Waals surface area contributed by atoms with E-state index < -0.39 is 0 Å². The van der Waals surface area contributed by atoms with Crippen LogP contribution in [0.25, 0.3) is 16.9 Å². The molecule has 3 heterocycles. The molecule has 0 saturated carbocycles. The summed E-state index contributed by atoms with van der Waals surface area (Å²) in [4.78, 5) is 4.76. The fourth-order valence-corrected chi connectivity index (χ4v) is 3.14. The van der Waals surface area contributed by atoms with Crippen molar-refractivity contribution in [2.75, 3.05) is 18.5 Å². The number of aryl methyl sites for hydroxylation is 1. The molecule has 0 bridgehead atoms. The van der Waals surface area contributed by atoms with Gasteiger partial charge in [0.25, 0.3) is 0 Å². The van der Waals surface area contributed by atoms with Gasteiger partial charge in [0.15, 0.2) is 0 Å². The number of nitrogens with zero attached hydrogens (tertiary/aromatic N) is 2. The van der Waals surface area contributed by atoms with Gasteiger partial charge in [-0.25, -0.2) is 9.37 Å². The molecule has 1 N–H and O–H groups in total. The Morgan fingerprint density at radius 1 is 1.29 bits per heavy atom. The molecule has 2 aromatic heterocycles. The summed E-state index contributed by atoms with van der Waals surface area (Å²) < 4.78 is 21.0. The molecule has 4 nitrogen and oxygen atoms in total. The van der Waals surface area contributed by atoms with Crippen molar-refractivity contribution in [1.29, 1.82) is 0 Å². The third-order valence-electron chi connectivity index (χ3n) is 4.42. The molecule has 1 saturated heterocycles. The van der Waals surface area contributed by atoms with E-state index in [-0.39, 0.29) is 11.9 Å². The first-order valence-electron chi connectivity index (χ1n) is 8.31. The number of benzene rings is 1. The lowest BCUT2D eigenvalue weighted by molar-refractivity contribution is 0.120. The molecular weight excluding hydrogens is 305 g/mol. The van der Waals surface area contributed by atoms with Crippen LogP contribution >= 0.6 is 0 Å². The molecule has 24 heavy (non-hydrogen) atoms. The van der Waals surface area contributed by atoms with Gasteiger partial charge in [-0.05, 0) is 61.7 Å². The van der Waals surface area contributed by atoms with Gasteiger partial charge in [0.2, 0.25) is 0 Å². The second-order valence-corrected chi connectivity index (χ2v) is 6.26. The summed E-state index contributed by atoms with van der Waals surface area (Å²) in [5.74, 6) is 0.680. The zero-order valence-electron chi connectivity index (χ0n) is 13.6. The summed E-state index contributed by atoms with van der Waals surface area (Å²) in [6.07, 6.45) is 4.45. The maximum Gasteiger partial charge on any atom is 0.139 e. The molecule has 0 spiro atoms. The number of aromatic nitrogens is 2. The first-order valence-corrected chi connectivity index (χ1v) is 8.31. The van der Waals surface area contributed by atoms with E-state index in [1.54, 1.807) is 12.1 Å². The lowest BCUT2D eigenvalue weighted by Gasteiger charge is -2.13. The van der Waals surface area contributed by atoms with Crippen LogP contribution in [0.1, 0.15) is 18.4 Å². The molecule has 1 aliphatic heterocycles. The number of halogens is 1. The maximum atomic E-state index is 13.3. The topological polar surface area (TPSA) is 38.6 Å². The van der Waals surface area contributed by atoms with E-state index in [0.717, 1.165) is 54.3 Å². The van der Waals surface area contributed by atoms with E-state index >= 15 is 0 Å². The number of rotatable bonds is 4. The highest BCUT2D eigenvalue weighted by Crippen LogP contribution is 2.29. The van der Waals surface area contributed by atoms with Gasteiger partial charge in [-0.2, -0.15) is 0 Å². The number of pyridine rings is 1. The van der Waals surface area contributed by atoms with Crippen LogP contribution in [-0.2, 0) is 4.74 Å². The Labute approximate surface area is 140 Å². The minimum absolute atomic E-state index is 0.238. The average molecular weight is 325 g/mol. The Bertz CT molecular complexity index is 851. The Balaban J connectivity index is 1.75. The smallest absolute Gasteiger partial charge is 0.139 e. The van der Waals surface area contributed by atoms with Crippen LogP contribution in [0, 0.1) is 12.7 Å². The average Bonchev–Trinajstić information content (AvgIpc) is 3.20. The summed E-state index contributed by atoms with van der Waals surface area (Å²) in [6.45, 7) is 3.63. The van der Waals surface area contributed by atoms with Crippen LogP contribution in [0.4, 0.5) is 10.2 Å². The third-order valence-corrected chi connectivity index (χ3v) is 4.42. The number of anilines is 1. The van der Waals surface area contributed by atoms with Crippen molar-refractivity contribution in [3.8, 4) is 11.3 Å². The van der Waals surface area contributed by atoms with Gasteiger partial charge in [0.05, 0.1) is 6.10 Å². The second kappa shape index (κ2) is 6.24. The van der Waals surface area contributed by atoms with Crippen molar-refractivity contribution in [3.05, 3.63) is 54.0 Å². The molecule has 3 aromatic rings. The monoisotopic (exact) mass is 325 g/mol. The molecule has 0 radical (unpaired) electrons. The zero-order chi connectivity index (χ0) is 16.5. The number of imidazole rings is 1. The van der Waals surface area contributed by atoms with Gasteiger partial charge in [0.1, 0.15) is 23.0 Å². The largest absolute Gasteiger partial charge is 0.376 e. The van der Waals surface area contributed by atoms with Gasteiger partial charge in [-0.15, -0.1) is 0 Å². The molecule has 1 aliphatic rings. The highest BCUT2D eigenvalue weighted by atomic mass is 19.1. The van der Waals surface area contributed by atoms with Crippen LogP contribution < -0.4 is 5.32 Å². The summed E-state index contributed by atoms with van der Waals surface area (Å²) in [5.41, 5.74) is 3.76. The van der Waals surface area contributed by atoms with E-state index in [1.165, 1.54) is 12.1 Å². The first-order chi connectivity index (χ1) is 11.7. The second-order valence-electron chi connectivity index (χ2n) is 6.26. The molecule has 4 rings (SSSR count). The van der Waals surface area contributed by atoms with Gasteiger partial charge in [-0.3, -0.25) is 4.40 Å². The van der Waals surface area contributed by atoms with Crippen LogP contribution in [0.2, 0.25) is 0 Å². The van der Waals surface area contributed by atoms with E-state index in [4.69, 9.17) is 9.72 Å². The minimum Gasteiger partial charge on any atom is -0.376 e. The van der Waals surface area contributed by atoms with Crippen molar-refractivity contribution in [3.63, 3.8) is 0 Å². The molecule has 1 fully saturated rings. The summed E-state index contributed by atoms with van der Waals surface area (Å²) in [7, 11) is 0. The minimum atomic E-state index is -0.243. The van der Waals surface area contributed by atoms with Crippen molar-refractivity contribution >= 4 is 11.5 Å². The number of hydrogen-bond donors (Lipinski definition) is 1. The van der Waals surface area contributed by atoms with Crippen LogP contribution in [0.5, 0.6) is 0 Å². The van der Waals surface area contributed by atoms with Crippen molar-refractivity contribution < 1.29 is 9.13 Å². The molecule has 1 aromatic carbocycles. The summed E-state index contributed by atoms with van der Waals surface area (Å²) in [6, 6.07) is 10.6. The predicted molar refractivity (Wildman–Crippen MR) is 92.8 cm³/mol. The Morgan fingerprint density at radius 2 is 2.12 bits per heavy atom. The molecule has 0 amide bonds. The summed E-state index contributed by atoms with van der Waals surface area (Å²) >= 11 is 0. The normalized spacial score (nSPS) is 17.5. The highest BCUT2D eigenvalue weighted by molar-refractivity contribution is 5.76. The molecule has 124 valence electrons. The molecular formula is C19H20FN3O. The summed E-state index contributed by atoms with van der Waals surface area (Å²) in [5, 5.41) is 3.49. The van der Waals surface area contributed by atoms with E-state index in [0.29, 0.717) is 0 Å². The van der Waals surface area contributed by atoms with Crippen molar-refractivity contribution in [2.24, 2.45) is 0 Å². The van der Waals surface area contributed by atoms with Gasteiger partial charge < -0.3 is 10.1 Å². The van der Waals surface area contributed by atoms with E-state index in [2.05, 4.69) is 11.4 Å². The molecule has 0 aliphatic carbocycles. The lowest BCUT2D eigenvalue weighted by Crippen LogP contribution is -2.19. The number of hydrogen-bond acceptors (Lipinski definition) is 3. The van der Waals surface area contributed by atoms with Crippen molar-refractivity contribution in [1.82, 2.24) is 9.38 Å². The van der Waals surface area contributed by atoms with Gasteiger partial charge in [0, 0.05) is 24.9 Å². The van der Waals surface area contributed by atoms with Gasteiger partial charge >= 0.3 is 0 Å². The third kappa shape index (κ3) is 2.87. The first kappa shape index (κ1) is 15.1. The highest BCUT2D eigenvalue weighted by Gasteiger charge is 2.19. The SMILES string of the molecule is Cc1ccn2c(NCC3CCCO3)c(-c3ccc(F)cc3)nc2c1. The van der Waals surface area contributed by atoms with Crippen LogP contribution in [0.15, 0.2) is 42.6 Å². The lowest BCUT2D eigenvalue weighted by atomic mass is 10.1. The standard InChI is InChI=1S/C19H20FN3O/c1-13-8-9-23-17(11-13)22-18(14-4-6-15(20)7-5-14)19(23)21-12-16-3-2-10-24-16/h4-9,11,16,21H,2-3,10,12H2,1H3. The molecule has 1 unspecified atom stereocenters. The Hall–Kier alpha value is -2.40. The number of ether oxygens (including phenoxy) is 1. The predicted octanol–water partition coefficient (Wildman–Crippen LogP) is 4.04. The number of fused-ring (bicyclic) bond motifs is 1. The Kier molecular flexibility index (Phi) is 3.94. The van der Waals surface area contributed by atoms with Crippen LogP contribution in [-0.4, -0.2) is 28.6 Å². The van der Waals surface area contributed by atoms with E-state index in [1.807, 2.05) is 23.6 Å². The maximum absolute atomic E-state index is 13.3. The van der Waals surface area contributed by atoms with Crippen molar-refractivity contribution in [2.45, 2.75) is 25.9 Å². The molecule has 5 heteroatoms. The Morgan fingerprint density at radius 3 is 2.88 bits per heavy atom. The fourth-order valence-electron chi connectivity index (χ4n) is 3.14. The fraction of sp³-hybridized carbons (Fsp3) is 0.316. The number of nitrogens with one attached hydrogen (secondary N) is 1. The quantitative estimate of drug-likeness (QED) is 0.787. The van der Waals surface area contributed by atoms with Gasteiger partial charge in [-0.1, -0.05) is 0 Å². The molecule has 1 atom stereocenters. The zero-order valence-corrected chi connectivity index (χ0v) is 13.6. The van der Waals surface area contributed by atoms with Crippen LogP contribution in [0.3, 0.4) is 0 Å².